The molecule has 3 fully saturated rings. The van der Waals surface area contributed by atoms with Crippen molar-refractivity contribution in [2.24, 2.45) is 29.6 Å². The Bertz CT molecular complexity index is 786. The van der Waals surface area contributed by atoms with Gasteiger partial charge in [-0.05, 0) is 118 Å². The molecule has 0 spiro atoms. The highest BCUT2D eigenvalue weighted by Gasteiger charge is 2.44. The van der Waals surface area contributed by atoms with E-state index in [0.29, 0.717) is 24.3 Å². The third-order valence-corrected chi connectivity index (χ3v) is 10.3. The fourth-order valence-corrected chi connectivity index (χ4v) is 7.80. The number of rotatable bonds is 9. The summed E-state index contributed by atoms with van der Waals surface area (Å²) in [6.07, 6.45) is 17.1. The van der Waals surface area contributed by atoms with Crippen LogP contribution < -0.4 is 0 Å². The number of unbranched alkanes of at least 4 members (excludes halogenated alkanes) is 2. The molecule has 0 nitrogen and oxygen atoms in total. The predicted octanol–water partition coefficient (Wildman–Crippen LogP) is 10.8. The minimum Gasteiger partial charge on any atom is -0.207 e. The Balaban J connectivity index is 1.19. The molecular formula is C32H48F4. The smallest absolute Gasteiger partial charge is 0.207 e. The number of hydrogen-bond acceptors (Lipinski definition) is 0. The maximum absolute atomic E-state index is 15.3. The van der Waals surface area contributed by atoms with Gasteiger partial charge >= 0.3 is 0 Å². The lowest BCUT2D eigenvalue weighted by Gasteiger charge is -2.40. The van der Waals surface area contributed by atoms with Crippen molar-refractivity contribution in [2.75, 3.05) is 0 Å². The van der Waals surface area contributed by atoms with Crippen LogP contribution in [0.25, 0.3) is 0 Å². The first-order valence-electron chi connectivity index (χ1n) is 15.1. The van der Waals surface area contributed by atoms with Gasteiger partial charge in [-0.3, -0.25) is 0 Å². The molecule has 0 radical (unpaired) electrons. The monoisotopic (exact) mass is 508 g/mol. The van der Waals surface area contributed by atoms with Crippen molar-refractivity contribution in [3.05, 3.63) is 34.9 Å². The van der Waals surface area contributed by atoms with Gasteiger partial charge in [-0.1, -0.05) is 45.4 Å². The number of halogens is 4. The Morgan fingerprint density at radius 3 is 1.81 bits per heavy atom. The van der Waals surface area contributed by atoms with Crippen molar-refractivity contribution < 1.29 is 17.6 Å². The Hall–Kier alpha value is -1.06. The lowest BCUT2D eigenvalue weighted by molar-refractivity contribution is -0.0979. The van der Waals surface area contributed by atoms with E-state index >= 15 is 8.78 Å². The van der Waals surface area contributed by atoms with Crippen molar-refractivity contribution >= 4 is 0 Å². The number of benzene rings is 1. The van der Waals surface area contributed by atoms with Crippen LogP contribution in [-0.4, -0.2) is 5.92 Å². The van der Waals surface area contributed by atoms with Crippen LogP contribution in [0, 0.1) is 48.1 Å². The van der Waals surface area contributed by atoms with E-state index in [1.165, 1.54) is 70.4 Å². The average molecular weight is 509 g/mol. The third-order valence-electron chi connectivity index (χ3n) is 10.3. The highest BCUT2D eigenvalue weighted by molar-refractivity contribution is 5.28. The van der Waals surface area contributed by atoms with E-state index in [0.717, 1.165) is 50.4 Å². The van der Waals surface area contributed by atoms with Gasteiger partial charge in [-0.15, -0.1) is 0 Å². The highest BCUT2D eigenvalue weighted by Crippen LogP contribution is 2.49. The molecule has 1 aromatic rings. The molecule has 0 amide bonds. The zero-order chi connectivity index (χ0) is 25.7. The van der Waals surface area contributed by atoms with Crippen molar-refractivity contribution in [3.8, 4) is 0 Å². The first-order chi connectivity index (χ1) is 17.3. The molecule has 4 rings (SSSR count). The van der Waals surface area contributed by atoms with Crippen LogP contribution in [0.1, 0.15) is 133 Å². The largest absolute Gasteiger partial charge is 0.251 e. The topological polar surface area (TPSA) is 0 Å². The van der Waals surface area contributed by atoms with E-state index in [1.54, 1.807) is 0 Å². The summed E-state index contributed by atoms with van der Waals surface area (Å²) in [6.45, 7) is 3.71. The van der Waals surface area contributed by atoms with Gasteiger partial charge in [-0.2, -0.15) is 0 Å². The molecular weight excluding hydrogens is 460 g/mol. The summed E-state index contributed by atoms with van der Waals surface area (Å²) in [5.41, 5.74) is 0.742. The van der Waals surface area contributed by atoms with Crippen LogP contribution in [0.15, 0.2) is 12.1 Å². The summed E-state index contributed by atoms with van der Waals surface area (Å²) >= 11 is 0. The SMILES string of the molecule is CCCCCC1CCC(C2CCC(C(F)(F)CC3CCC(c4cc(F)c(C)c(F)c4)CC3)CC2)CC1. The Morgan fingerprint density at radius 1 is 0.722 bits per heavy atom. The van der Waals surface area contributed by atoms with Crippen LogP contribution in [0.5, 0.6) is 0 Å². The second-order valence-corrected chi connectivity index (χ2v) is 12.7. The predicted molar refractivity (Wildman–Crippen MR) is 140 cm³/mol. The van der Waals surface area contributed by atoms with Gasteiger partial charge in [0.1, 0.15) is 11.6 Å². The van der Waals surface area contributed by atoms with Gasteiger partial charge in [0.2, 0.25) is 0 Å². The molecule has 0 saturated heterocycles. The molecule has 0 atom stereocenters. The number of hydrogen-bond donors (Lipinski definition) is 0. The summed E-state index contributed by atoms with van der Waals surface area (Å²) in [7, 11) is 0. The molecule has 204 valence electrons. The fourth-order valence-electron chi connectivity index (χ4n) is 7.80. The lowest BCUT2D eigenvalue weighted by Crippen LogP contribution is -2.36. The van der Waals surface area contributed by atoms with E-state index in [1.807, 2.05) is 0 Å². The summed E-state index contributed by atoms with van der Waals surface area (Å²) in [4.78, 5) is 0. The maximum atomic E-state index is 15.3. The van der Waals surface area contributed by atoms with E-state index in [-0.39, 0.29) is 23.8 Å². The minimum absolute atomic E-state index is 0.00541. The summed E-state index contributed by atoms with van der Waals surface area (Å²) < 4.78 is 58.6. The second-order valence-electron chi connectivity index (χ2n) is 12.7. The first-order valence-corrected chi connectivity index (χ1v) is 15.1. The van der Waals surface area contributed by atoms with Crippen molar-refractivity contribution in [2.45, 2.75) is 135 Å². The second kappa shape index (κ2) is 12.7. The Labute approximate surface area is 217 Å². The molecule has 36 heavy (non-hydrogen) atoms. The molecule has 4 heteroatoms. The molecule has 3 aliphatic carbocycles. The van der Waals surface area contributed by atoms with Gasteiger partial charge in [0.05, 0.1) is 0 Å². The third kappa shape index (κ3) is 7.07. The molecule has 0 aromatic heterocycles. The molecule has 0 N–H and O–H groups in total. The lowest BCUT2D eigenvalue weighted by atomic mass is 9.67. The van der Waals surface area contributed by atoms with E-state index in [4.69, 9.17) is 0 Å². The van der Waals surface area contributed by atoms with Gasteiger partial charge in [-0.25, -0.2) is 17.6 Å². The van der Waals surface area contributed by atoms with Gasteiger partial charge in [0.15, 0.2) is 0 Å². The highest BCUT2D eigenvalue weighted by atomic mass is 19.3. The molecule has 0 heterocycles. The zero-order valence-electron chi connectivity index (χ0n) is 22.7. The Kier molecular flexibility index (Phi) is 9.83. The van der Waals surface area contributed by atoms with E-state index in [9.17, 15) is 8.78 Å². The summed E-state index contributed by atoms with van der Waals surface area (Å²) in [5.74, 6) is -1.60. The summed E-state index contributed by atoms with van der Waals surface area (Å²) in [5, 5.41) is 0. The van der Waals surface area contributed by atoms with Crippen LogP contribution in [0.2, 0.25) is 0 Å². The molecule has 0 aliphatic heterocycles. The quantitative estimate of drug-likeness (QED) is 0.230. The van der Waals surface area contributed by atoms with Gasteiger partial charge in [0, 0.05) is 17.9 Å². The van der Waals surface area contributed by atoms with Crippen LogP contribution in [-0.2, 0) is 0 Å². The minimum atomic E-state index is -2.58. The fraction of sp³-hybridized carbons (Fsp3) is 0.812. The van der Waals surface area contributed by atoms with Crippen molar-refractivity contribution in [3.63, 3.8) is 0 Å². The first kappa shape index (κ1) is 28.0. The standard InChI is InChI=1S/C32H48F4/c1-3-4-5-6-23-7-11-25(12-8-23)26-15-17-29(18-16-26)32(35,36)21-24-9-13-27(14-10-24)28-19-30(33)22(2)31(34)20-28/h19-20,23-27,29H,3-18,21H2,1-2H3. The van der Waals surface area contributed by atoms with E-state index in [2.05, 4.69) is 6.92 Å². The molecule has 3 aliphatic rings. The van der Waals surface area contributed by atoms with Crippen LogP contribution in [0.4, 0.5) is 17.6 Å². The van der Waals surface area contributed by atoms with Gasteiger partial charge < -0.3 is 0 Å². The summed E-state index contributed by atoms with van der Waals surface area (Å²) in [6, 6.07) is 2.88. The van der Waals surface area contributed by atoms with Gasteiger partial charge in [0.25, 0.3) is 5.92 Å². The van der Waals surface area contributed by atoms with Crippen LogP contribution in [0.3, 0.4) is 0 Å². The molecule has 0 bridgehead atoms. The normalized spacial score (nSPS) is 31.9. The maximum Gasteiger partial charge on any atom is 0.251 e. The van der Waals surface area contributed by atoms with Crippen molar-refractivity contribution in [1.29, 1.82) is 0 Å². The average Bonchev–Trinajstić information content (AvgIpc) is 2.88. The zero-order valence-corrected chi connectivity index (χ0v) is 22.7. The Morgan fingerprint density at radius 2 is 1.25 bits per heavy atom. The van der Waals surface area contributed by atoms with Crippen molar-refractivity contribution in [1.82, 2.24) is 0 Å². The van der Waals surface area contributed by atoms with Crippen LogP contribution >= 0.6 is 0 Å². The molecule has 3 saturated carbocycles. The molecule has 0 unspecified atom stereocenters. The van der Waals surface area contributed by atoms with E-state index < -0.39 is 23.5 Å². The molecule has 1 aromatic carbocycles. The number of alkyl halides is 2.